The zero-order valence-corrected chi connectivity index (χ0v) is 23.4. The number of nitrogens with zero attached hydrogens (tertiary/aromatic N) is 1. The van der Waals surface area contributed by atoms with Gasteiger partial charge in [0.2, 0.25) is 5.91 Å². The van der Waals surface area contributed by atoms with Gasteiger partial charge in [-0.25, -0.2) is 4.39 Å². The Labute approximate surface area is 247 Å². The molecule has 43 heavy (non-hydrogen) atoms. The van der Waals surface area contributed by atoms with Gasteiger partial charge in [0.1, 0.15) is 28.8 Å². The summed E-state index contributed by atoms with van der Waals surface area (Å²) in [6.45, 7) is 0. The van der Waals surface area contributed by atoms with Gasteiger partial charge in [0.15, 0.2) is 11.6 Å². The van der Waals surface area contributed by atoms with E-state index in [0.717, 1.165) is 11.1 Å². The van der Waals surface area contributed by atoms with Crippen LogP contribution in [0.1, 0.15) is 43.4 Å². The second-order valence-electron chi connectivity index (χ2n) is 10.9. The van der Waals surface area contributed by atoms with E-state index in [1.165, 1.54) is 38.5 Å². The van der Waals surface area contributed by atoms with Crippen molar-refractivity contribution in [3.8, 4) is 11.5 Å². The van der Waals surface area contributed by atoms with Crippen LogP contribution in [0.5, 0.6) is 11.5 Å². The zero-order chi connectivity index (χ0) is 29.9. The first kappa shape index (κ1) is 26.6. The van der Waals surface area contributed by atoms with Crippen molar-refractivity contribution in [1.29, 1.82) is 0 Å². The molecular weight excluding hydrogens is 547 g/mol. The Morgan fingerprint density at radius 3 is 2.40 bits per heavy atom. The maximum atomic E-state index is 14.8. The second-order valence-corrected chi connectivity index (χ2v) is 10.9. The Hall–Kier alpha value is -5.24. The molecule has 1 saturated heterocycles. The van der Waals surface area contributed by atoms with E-state index < -0.39 is 35.0 Å². The quantitative estimate of drug-likeness (QED) is 0.292. The molecule has 4 atom stereocenters. The van der Waals surface area contributed by atoms with Gasteiger partial charge in [0, 0.05) is 23.5 Å². The number of nitrogens with one attached hydrogen (secondary N) is 1. The molecule has 3 aliphatic rings. The van der Waals surface area contributed by atoms with Gasteiger partial charge in [0.05, 0.1) is 31.7 Å². The van der Waals surface area contributed by atoms with Crippen molar-refractivity contribution in [2.75, 3.05) is 19.5 Å². The summed E-state index contributed by atoms with van der Waals surface area (Å²) in [7, 11) is 2.98. The van der Waals surface area contributed by atoms with Crippen LogP contribution in [0.25, 0.3) is 6.08 Å². The minimum Gasteiger partial charge on any atom is -0.497 e. The van der Waals surface area contributed by atoms with Crippen molar-refractivity contribution in [3.63, 3.8) is 0 Å². The van der Waals surface area contributed by atoms with E-state index >= 15 is 0 Å². The van der Waals surface area contributed by atoms with Crippen LogP contribution >= 0.6 is 0 Å². The van der Waals surface area contributed by atoms with Crippen molar-refractivity contribution in [2.24, 2.45) is 5.92 Å². The molecular formula is C35H27FN2O5. The number of benzene rings is 4. The van der Waals surface area contributed by atoms with Crippen molar-refractivity contribution in [1.82, 2.24) is 4.90 Å². The van der Waals surface area contributed by atoms with Crippen LogP contribution in [0, 0.1) is 11.7 Å². The molecule has 0 radical (unpaired) electrons. The highest BCUT2D eigenvalue weighted by Gasteiger charge is 2.70. The lowest BCUT2D eigenvalue weighted by atomic mass is 9.62. The van der Waals surface area contributed by atoms with E-state index in [2.05, 4.69) is 5.32 Å². The van der Waals surface area contributed by atoms with Crippen LogP contribution in [0.2, 0.25) is 0 Å². The SMILES string of the molecule is COc1ccc(C(=O)[C@@H]2[C@H](C(=O)c3ccc(F)cc3)[C@]3(C(=O)Nc4ccccc43)[C@@H]3c4ccccc4C=CN23)c(OC)c1. The number of halogens is 1. The van der Waals surface area contributed by atoms with Gasteiger partial charge < -0.3 is 19.7 Å². The molecule has 1 fully saturated rings. The molecule has 1 N–H and O–H groups in total. The van der Waals surface area contributed by atoms with Gasteiger partial charge in [-0.15, -0.1) is 0 Å². The van der Waals surface area contributed by atoms with Gasteiger partial charge in [-0.05, 0) is 65.2 Å². The predicted molar refractivity (Wildman–Crippen MR) is 159 cm³/mol. The number of ketones is 2. The van der Waals surface area contributed by atoms with E-state index in [-0.39, 0.29) is 28.6 Å². The van der Waals surface area contributed by atoms with Crippen LogP contribution in [0.3, 0.4) is 0 Å². The Morgan fingerprint density at radius 1 is 0.884 bits per heavy atom. The summed E-state index contributed by atoms with van der Waals surface area (Å²) in [6, 6.07) is 23.3. The zero-order valence-electron chi connectivity index (χ0n) is 23.4. The lowest BCUT2D eigenvalue weighted by Gasteiger charge is -2.38. The van der Waals surface area contributed by atoms with Crippen molar-refractivity contribution < 1.29 is 28.2 Å². The van der Waals surface area contributed by atoms with Gasteiger partial charge in [0.25, 0.3) is 0 Å². The van der Waals surface area contributed by atoms with Crippen LogP contribution in [-0.4, -0.2) is 42.6 Å². The number of Topliss-reactive ketones (excluding diaryl/α,β-unsaturated/α-hetero) is 2. The van der Waals surface area contributed by atoms with Crippen LogP contribution in [0.15, 0.2) is 97.2 Å². The molecule has 3 heterocycles. The third-order valence-electron chi connectivity index (χ3n) is 8.92. The summed E-state index contributed by atoms with van der Waals surface area (Å²) in [5.74, 6) is -2.07. The first-order valence-electron chi connectivity index (χ1n) is 13.9. The number of hydrogen-bond acceptors (Lipinski definition) is 6. The molecule has 214 valence electrons. The Bertz CT molecular complexity index is 1830. The van der Waals surface area contributed by atoms with Crippen molar-refractivity contribution >= 4 is 29.2 Å². The number of anilines is 1. The number of methoxy groups -OCH3 is 2. The molecule has 4 aromatic carbocycles. The number of fused-ring (bicyclic) bond motifs is 6. The normalized spacial score (nSPS) is 22.9. The average molecular weight is 575 g/mol. The van der Waals surface area contributed by atoms with Crippen LogP contribution in [-0.2, 0) is 10.2 Å². The Balaban J connectivity index is 1.53. The molecule has 0 bridgehead atoms. The fourth-order valence-corrected chi connectivity index (χ4v) is 7.12. The smallest absolute Gasteiger partial charge is 0.238 e. The number of carbonyl (C=O) groups is 3. The highest BCUT2D eigenvalue weighted by Crippen LogP contribution is 2.62. The number of amides is 1. The first-order valence-corrected chi connectivity index (χ1v) is 13.9. The van der Waals surface area contributed by atoms with Gasteiger partial charge in [-0.3, -0.25) is 14.4 Å². The summed E-state index contributed by atoms with van der Waals surface area (Å²) in [5, 5.41) is 3.02. The lowest BCUT2D eigenvalue weighted by Crippen LogP contribution is -2.49. The van der Waals surface area contributed by atoms with E-state index in [4.69, 9.17) is 9.47 Å². The van der Waals surface area contributed by atoms with Crippen molar-refractivity contribution in [2.45, 2.75) is 17.5 Å². The summed E-state index contributed by atoms with van der Waals surface area (Å²) >= 11 is 0. The molecule has 0 unspecified atom stereocenters. The molecule has 7 rings (SSSR count). The maximum Gasteiger partial charge on any atom is 0.238 e. The van der Waals surface area contributed by atoms with Gasteiger partial charge in [-0.1, -0.05) is 42.5 Å². The predicted octanol–water partition coefficient (Wildman–Crippen LogP) is 5.82. The Morgan fingerprint density at radius 2 is 1.63 bits per heavy atom. The molecule has 7 nitrogen and oxygen atoms in total. The molecule has 8 heteroatoms. The van der Waals surface area contributed by atoms with E-state index in [9.17, 15) is 18.8 Å². The fraction of sp³-hybridized carbons (Fsp3) is 0.171. The minimum absolute atomic E-state index is 0.208. The van der Waals surface area contributed by atoms with Gasteiger partial charge in [-0.2, -0.15) is 0 Å². The fourth-order valence-electron chi connectivity index (χ4n) is 7.12. The Kier molecular flexibility index (Phi) is 6.16. The van der Waals surface area contributed by atoms with E-state index in [1.807, 2.05) is 53.4 Å². The number of rotatable bonds is 6. The standard InChI is InChI=1S/C35H27FN2O5/c1-42-23-15-16-25(28(19-23)43-2)32(40)30-29(31(39)21-11-13-22(36)14-12-21)35(26-9-5-6-10-27(26)37-34(35)41)33-24-8-4-3-7-20(24)17-18-38(30)33/h3-19,29-30,33H,1-2H3,(H,37,41)/t29-,30+,33+,35+/m1/s1. The molecule has 0 aliphatic carbocycles. The highest BCUT2D eigenvalue weighted by molar-refractivity contribution is 6.17. The lowest BCUT2D eigenvalue weighted by molar-refractivity contribution is -0.122. The summed E-state index contributed by atoms with van der Waals surface area (Å²) in [6.07, 6.45) is 3.70. The average Bonchev–Trinajstić information content (AvgIpc) is 3.52. The second kappa shape index (κ2) is 9.94. The highest BCUT2D eigenvalue weighted by atomic mass is 19.1. The summed E-state index contributed by atoms with van der Waals surface area (Å²) < 4.78 is 24.9. The number of ether oxygens (including phenoxy) is 2. The summed E-state index contributed by atoms with van der Waals surface area (Å²) in [5.41, 5.74) is 1.92. The molecule has 1 spiro atoms. The maximum absolute atomic E-state index is 14.8. The van der Waals surface area contributed by atoms with Gasteiger partial charge >= 0.3 is 0 Å². The van der Waals surface area contributed by atoms with Crippen LogP contribution in [0.4, 0.5) is 10.1 Å². The largest absolute Gasteiger partial charge is 0.497 e. The molecule has 4 aromatic rings. The van der Waals surface area contributed by atoms with Crippen LogP contribution < -0.4 is 14.8 Å². The summed E-state index contributed by atoms with van der Waals surface area (Å²) in [4.78, 5) is 45.9. The number of para-hydroxylation sites is 1. The third kappa shape index (κ3) is 3.75. The number of hydrogen-bond donors (Lipinski definition) is 1. The number of carbonyl (C=O) groups excluding carboxylic acids is 3. The molecule has 0 aromatic heterocycles. The van der Waals surface area contributed by atoms with E-state index in [1.54, 1.807) is 30.5 Å². The van der Waals surface area contributed by atoms with Crippen molar-refractivity contribution in [3.05, 3.63) is 131 Å². The molecule has 1 amide bonds. The first-order chi connectivity index (χ1) is 20.9. The minimum atomic E-state index is -1.48. The monoisotopic (exact) mass is 574 g/mol. The molecule has 0 saturated carbocycles. The van der Waals surface area contributed by atoms with E-state index in [0.29, 0.717) is 17.0 Å². The molecule has 3 aliphatic heterocycles. The topological polar surface area (TPSA) is 84.9 Å². The third-order valence-corrected chi connectivity index (χ3v) is 8.92.